The molecule has 1 aromatic rings. The molecule has 1 aromatic carbocycles. The minimum absolute atomic E-state index is 0.108. The Kier molecular flexibility index (Phi) is 5.56. The normalized spacial score (nSPS) is 14.6. The van der Waals surface area contributed by atoms with Crippen LogP contribution in [-0.2, 0) is 0 Å². The lowest BCUT2D eigenvalue weighted by Crippen LogP contribution is -2.33. The maximum Gasteiger partial charge on any atom is 0.126 e. The fourth-order valence-corrected chi connectivity index (χ4v) is 2.07. The van der Waals surface area contributed by atoms with Gasteiger partial charge in [0.15, 0.2) is 0 Å². The Morgan fingerprint density at radius 1 is 1.12 bits per heavy atom. The lowest BCUT2D eigenvalue weighted by Gasteiger charge is -2.24. The van der Waals surface area contributed by atoms with E-state index < -0.39 is 11.6 Å². The van der Waals surface area contributed by atoms with Crippen molar-refractivity contribution in [3.05, 3.63) is 35.4 Å². The van der Waals surface area contributed by atoms with Crippen LogP contribution in [0.2, 0.25) is 0 Å². The zero-order valence-corrected chi connectivity index (χ0v) is 10.8. The summed E-state index contributed by atoms with van der Waals surface area (Å²) in [7, 11) is 0. The van der Waals surface area contributed by atoms with Crippen molar-refractivity contribution in [2.75, 3.05) is 6.54 Å². The molecule has 1 nitrogen and oxygen atoms in total. The van der Waals surface area contributed by atoms with Crippen molar-refractivity contribution in [2.45, 2.75) is 45.6 Å². The first-order chi connectivity index (χ1) is 8.08. The zero-order chi connectivity index (χ0) is 12.8. The van der Waals surface area contributed by atoms with E-state index in [1.807, 2.05) is 6.92 Å². The van der Waals surface area contributed by atoms with Gasteiger partial charge in [0.25, 0.3) is 0 Å². The van der Waals surface area contributed by atoms with Gasteiger partial charge in [0.2, 0.25) is 0 Å². The molecular formula is C14H21F2N. The molecule has 0 radical (unpaired) electrons. The highest BCUT2D eigenvalue weighted by atomic mass is 19.1. The SMILES string of the molecule is CCCNC(CC)C(C)c1cc(F)cc(F)c1. The molecule has 1 rings (SSSR count). The fraction of sp³-hybridized carbons (Fsp3) is 0.571. The topological polar surface area (TPSA) is 12.0 Å². The van der Waals surface area contributed by atoms with Gasteiger partial charge in [-0.15, -0.1) is 0 Å². The van der Waals surface area contributed by atoms with Crippen molar-refractivity contribution in [3.8, 4) is 0 Å². The van der Waals surface area contributed by atoms with E-state index in [2.05, 4.69) is 19.2 Å². The fourth-order valence-electron chi connectivity index (χ4n) is 2.07. The minimum atomic E-state index is -0.503. The van der Waals surface area contributed by atoms with Crippen LogP contribution in [0.15, 0.2) is 18.2 Å². The van der Waals surface area contributed by atoms with Crippen LogP contribution in [0.3, 0.4) is 0 Å². The Morgan fingerprint density at radius 2 is 1.71 bits per heavy atom. The van der Waals surface area contributed by atoms with E-state index in [9.17, 15) is 8.78 Å². The second-order valence-corrected chi connectivity index (χ2v) is 4.46. The summed E-state index contributed by atoms with van der Waals surface area (Å²) in [5, 5.41) is 3.41. The van der Waals surface area contributed by atoms with Crippen molar-refractivity contribution in [2.24, 2.45) is 0 Å². The molecule has 0 spiro atoms. The third kappa shape index (κ3) is 4.08. The van der Waals surface area contributed by atoms with Crippen LogP contribution < -0.4 is 5.32 Å². The average molecular weight is 241 g/mol. The van der Waals surface area contributed by atoms with Gasteiger partial charge < -0.3 is 5.32 Å². The van der Waals surface area contributed by atoms with Crippen LogP contribution in [0, 0.1) is 11.6 Å². The highest BCUT2D eigenvalue weighted by Gasteiger charge is 2.17. The van der Waals surface area contributed by atoms with Gasteiger partial charge >= 0.3 is 0 Å². The summed E-state index contributed by atoms with van der Waals surface area (Å²) in [6.45, 7) is 7.12. The molecule has 96 valence electrons. The number of rotatable bonds is 6. The second-order valence-electron chi connectivity index (χ2n) is 4.46. The molecule has 2 atom stereocenters. The number of benzene rings is 1. The summed E-state index contributed by atoms with van der Waals surface area (Å²) in [5.74, 6) is -0.897. The van der Waals surface area contributed by atoms with Crippen LogP contribution in [0.5, 0.6) is 0 Å². The lowest BCUT2D eigenvalue weighted by molar-refractivity contribution is 0.435. The van der Waals surface area contributed by atoms with Crippen molar-refractivity contribution in [1.29, 1.82) is 0 Å². The molecule has 0 aliphatic rings. The first-order valence-corrected chi connectivity index (χ1v) is 6.27. The van der Waals surface area contributed by atoms with Gasteiger partial charge in [-0.25, -0.2) is 8.78 Å². The lowest BCUT2D eigenvalue weighted by atomic mass is 9.91. The summed E-state index contributed by atoms with van der Waals surface area (Å²) in [6, 6.07) is 4.01. The Balaban J connectivity index is 2.81. The van der Waals surface area contributed by atoms with E-state index in [0.29, 0.717) is 0 Å². The predicted molar refractivity (Wildman–Crippen MR) is 67.1 cm³/mol. The van der Waals surface area contributed by atoms with Gasteiger partial charge in [0.1, 0.15) is 11.6 Å². The molecule has 3 heteroatoms. The molecule has 0 fully saturated rings. The smallest absolute Gasteiger partial charge is 0.126 e. The monoisotopic (exact) mass is 241 g/mol. The predicted octanol–water partition coefficient (Wildman–Crippen LogP) is 3.85. The molecule has 1 N–H and O–H groups in total. The Bertz CT molecular complexity index is 332. The van der Waals surface area contributed by atoms with E-state index in [4.69, 9.17) is 0 Å². The van der Waals surface area contributed by atoms with Crippen LogP contribution in [0.4, 0.5) is 8.78 Å². The standard InChI is InChI=1S/C14H21F2N/c1-4-6-17-14(5-2)10(3)11-7-12(15)9-13(16)8-11/h7-10,14,17H,4-6H2,1-3H3. The maximum atomic E-state index is 13.1. The average Bonchev–Trinajstić information content (AvgIpc) is 2.28. The summed E-state index contributed by atoms with van der Waals surface area (Å²) in [5.41, 5.74) is 0.720. The first kappa shape index (κ1) is 14.1. The summed E-state index contributed by atoms with van der Waals surface area (Å²) in [4.78, 5) is 0. The molecule has 2 unspecified atom stereocenters. The van der Waals surface area contributed by atoms with Gasteiger partial charge in [0, 0.05) is 12.1 Å². The van der Waals surface area contributed by atoms with E-state index >= 15 is 0 Å². The summed E-state index contributed by atoms with van der Waals surface area (Å²) < 4.78 is 26.3. The maximum absolute atomic E-state index is 13.1. The molecular weight excluding hydrogens is 220 g/mol. The van der Waals surface area contributed by atoms with E-state index in [-0.39, 0.29) is 12.0 Å². The third-order valence-corrected chi connectivity index (χ3v) is 3.11. The van der Waals surface area contributed by atoms with Gasteiger partial charge in [0.05, 0.1) is 0 Å². The van der Waals surface area contributed by atoms with Crippen molar-refractivity contribution >= 4 is 0 Å². The molecule has 0 aliphatic heterocycles. The summed E-state index contributed by atoms with van der Waals surface area (Å²) in [6.07, 6.45) is 2.00. The number of halogens is 2. The number of hydrogen-bond donors (Lipinski definition) is 1. The van der Waals surface area contributed by atoms with Crippen molar-refractivity contribution in [3.63, 3.8) is 0 Å². The molecule has 0 bridgehead atoms. The molecule has 0 aromatic heterocycles. The Labute approximate surface area is 102 Å². The van der Waals surface area contributed by atoms with Crippen LogP contribution in [0.25, 0.3) is 0 Å². The van der Waals surface area contributed by atoms with Gasteiger partial charge in [-0.2, -0.15) is 0 Å². The highest BCUT2D eigenvalue weighted by molar-refractivity contribution is 5.22. The first-order valence-electron chi connectivity index (χ1n) is 6.27. The van der Waals surface area contributed by atoms with Gasteiger partial charge in [-0.05, 0) is 43.0 Å². The molecule has 0 aliphatic carbocycles. The molecule has 0 amide bonds. The summed E-state index contributed by atoms with van der Waals surface area (Å²) >= 11 is 0. The van der Waals surface area contributed by atoms with Crippen LogP contribution >= 0.6 is 0 Å². The highest BCUT2D eigenvalue weighted by Crippen LogP contribution is 2.23. The van der Waals surface area contributed by atoms with Gasteiger partial charge in [-0.1, -0.05) is 20.8 Å². The second kappa shape index (κ2) is 6.70. The van der Waals surface area contributed by atoms with Crippen molar-refractivity contribution in [1.82, 2.24) is 5.32 Å². The van der Waals surface area contributed by atoms with E-state index in [1.165, 1.54) is 12.1 Å². The number of hydrogen-bond acceptors (Lipinski definition) is 1. The Hall–Kier alpha value is -0.960. The molecule has 0 saturated heterocycles. The van der Waals surface area contributed by atoms with E-state index in [1.54, 1.807) is 0 Å². The zero-order valence-electron chi connectivity index (χ0n) is 10.8. The minimum Gasteiger partial charge on any atom is -0.313 e. The molecule has 0 saturated carbocycles. The molecule has 17 heavy (non-hydrogen) atoms. The number of nitrogens with one attached hydrogen (secondary N) is 1. The van der Waals surface area contributed by atoms with E-state index in [0.717, 1.165) is 31.0 Å². The Morgan fingerprint density at radius 3 is 2.18 bits per heavy atom. The van der Waals surface area contributed by atoms with Crippen molar-refractivity contribution < 1.29 is 8.78 Å². The largest absolute Gasteiger partial charge is 0.313 e. The molecule has 0 heterocycles. The van der Waals surface area contributed by atoms with Crippen LogP contribution in [-0.4, -0.2) is 12.6 Å². The van der Waals surface area contributed by atoms with Crippen LogP contribution in [0.1, 0.15) is 45.1 Å². The third-order valence-electron chi connectivity index (χ3n) is 3.11. The van der Waals surface area contributed by atoms with Gasteiger partial charge in [-0.3, -0.25) is 0 Å². The quantitative estimate of drug-likeness (QED) is 0.797.